The molecule has 2 saturated heterocycles. The predicted molar refractivity (Wildman–Crippen MR) is 102 cm³/mol. The highest BCUT2D eigenvalue weighted by Gasteiger charge is 2.46. The summed E-state index contributed by atoms with van der Waals surface area (Å²) in [5, 5.41) is 0. The highest BCUT2D eigenvalue weighted by atomic mass is 16.6. The van der Waals surface area contributed by atoms with E-state index in [1.165, 1.54) is 6.08 Å². The standard InChI is InChI=1S/C20H27N3O4/c1-5-26-18(24)10-9-14-7-6-8-17(21-14)22-12-16-11-15(22)13-23(16)19(25)27-20(2,3)4/h6-10,15-16H,5,11-13H2,1-4H3/b10-9+/t15-,16-/m1/s1. The van der Waals surface area contributed by atoms with Crippen LogP contribution in [0.5, 0.6) is 0 Å². The Morgan fingerprint density at radius 2 is 2.04 bits per heavy atom. The van der Waals surface area contributed by atoms with Crippen LogP contribution in [0.4, 0.5) is 10.6 Å². The largest absolute Gasteiger partial charge is 0.463 e. The summed E-state index contributed by atoms with van der Waals surface area (Å²) in [4.78, 5) is 32.5. The first-order valence-electron chi connectivity index (χ1n) is 9.35. The molecule has 2 aliphatic heterocycles. The van der Waals surface area contributed by atoms with Crippen molar-refractivity contribution < 1.29 is 19.1 Å². The third kappa shape index (κ3) is 4.59. The van der Waals surface area contributed by atoms with Gasteiger partial charge in [-0.15, -0.1) is 0 Å². The Hall–Kier alpha value is -2.57. The number of aromatic nitrogens is 1. The molecule has 2 bridgehead atoms. The fourth-order valence-corrected chi connectivity index (χ4v) is 3.53. The van der Waals surface area contributed by atoms with Gasteiger partial charge in [0.1, 0.15) is 11.4 Å². The maximum atomic E-state index is 12.4. The Labute approximate surface area is 159 Å². The summed E-state index contributed by atoms with van der Waals surface area (Å²) in [6.07, 6.45) is 3.72. The molecule has 2 aliphatic rings. The van der Waals surface area contributed by atoms with Gasteiger partial charge in [-0.1, -0.05) is 6.07 Å². The van der Waals surface area contributed by atoms with Crippen LogP contribution < -0.4 is 4.90 Å². The number of nitrogens with zero attached hydrogens (tertiary/aromatic N) is 3. The molecule has 1 aromatic rings. The number of anilines is 1. The number of likely N-dealkylation sites (tertiary alicyclic amines) is 1. The van der Waals surface area contributed by atoms with E-state index < -0.39 is 5.60 Å². The maximum absolute atomic E-state index is 12.4. The Balaban J connectivity index is 1.64. The molecule has 0 N–H and O–H groups in total. The zero-order valence-electron chi connectivity index (χ0n) is 16.3. The molecule has 0 aliphatic carbocycles. The molecule has 2 atom stereocenters. The monoisotopic (exact) mass is 373 g/mol. The van der Waals surface area contributed by atoms with Crippen molar-refractivity contribution in [3.8, 4) is 0 Å². The molecule has 1 amide bonds. The van der Waals surface area contributed by atoms with Gasteiger partial charge in [-0.3, -0.25) is 0 Å². The molecule has 2 fully saturated rings. The van der Waals surface area contributed by atoms with Crippen molar-refractivity contribution in [2.45, 2.75) is 51.8 Å². The third-order valence-electron chi connectivity index (χ3n) is 4.60. The van der Waals surface area contributed by atoms with E-state index in [0.717, 1.165) is 18.8 Å². The quantitative estimate of drug-likeness (QED) is 0.597. The third-order valence-corrected chi connectivity index (χ3v) is 4.60. The molecule has 3 rings (SSSR count). The van der Waals surface area contributed by atoms with Crippen LogP contribution in [0.2, 0.25) is 0 Å². The average Bonchev–Trinajstić information content (AvgIpc) is 3.20. The summed E-state index contributed by atoms with van der Waals surface area (Å²) < 4.78 is 10.4. The molecule has 3 heterocycles. The molecular weight excluding hydrogens is 346 g/mol. The molecule has 0 radical (unpaired) electrons. The second-order valence-electron chi connectivity index (χ2n) is 7.83. The lowest BCUT2D eigenvalue weighted by atomic mass is 10.2. The van der Waals surface area contributed by atoms with Crippen LogP contribution in [-0.2, 0) is 14.3 Å². The zero-order chi connectivity index (χ0) is 19.6. The lowest BCUT2D eigenvalue weighted by Gasteiger charge is -2.35. The van der Waals surface area contributed by atoms with Gasteiger partial charge in [0.05, 0.1) is 24.4 Å². The highest BCUT2D eigenvalue weighted by molar-refractivity contribution is 5.86. The van der Waals surface area contributed by atoms with Crippen LogP contribution in [0, 0.1) is 0 Å². The van der Waals surface area contributed by atoms with Crippen molar-refractivity contribution in [3.05, 3.63) is 30.0 Å². The van der Waals surface area contributed by atoms with Gasteiger partial charge in [0, 0.05) is 19.2 Å². The number of fused-ring (bicyclic) bond motifs is 2. The first kappa shape index (κ1) is 19.2. The van der Waals surface area contributed by atoms with Crippen molar-refractivity contribution in [1.29, 1.82) is 0 Å². The minimum absolute atomic E-state index is 0.144. The van der Waals surface area contributed by atoms with Gasteiger partial charge < -0.3 is 19.3 Å². The minimum Gasteiger partial charge on any atom is -0.463 e. The van der Waals surface area contributed by atoms with Crippen molar-refractivity contribution in [2.24, 2.45) is 0 Å². The van der Waals surface area contributed by atoms with E-state index in [2.05, 4.69) is 9.88 Å². The fraction of sp³-hybridized carbons (Fsp3) is 0.550. The molecule has 146 valence electrons. The summed E-state index contributed by atoms with van der Waals surface area (Å²) in [5.41, 5.74) is 0.215. The van der Waals surface area contributed by atoms with E-state index in [1.54, 1.807) is 13.0 Å². The number of hydrogen-bond donors (Lipinski definition) is 0. The van der Waals surface area contributed by atoms with Crippen molar-refractivity contribution >= 4 is 24.0 Å². The lowest BCUT2D eigenvalue weighted by molar-refractivity contribution is -0.137. The maximum Gasteiger partial charge on any atom is 0.410 e. The summed E-state index contributed by atoms with van der Waals surface area (Å²) in [5.74, 6) is 0.482. The van der Waals surface area contributed by atoms with Gasteiger partial charge in [-0.2, -0.15) is 0 Å². The molecule has 1 aromatic heterocycles. The van der Waals surface area contributed by atoms with Gasteiger partial charge in [0.25, 0.3) is 0 Å². The lowest BCUT2D eigenvalue weighted by Crippen LogP contribution is -2.50. The van der Waals surface area contributed by atoms with Crippen LogP contribution in [-0.4, -0.2) is 59.3 Å². The van der Waals surface area contributed by atoms with Crippen LogP contribution in [0.1, 0.15) is 39.8 Å². The van der Waals surface area contributed by atoms with Gasteiger partial charge in [-0.05, 0) is 52.3 Å². The van der Waals surface area contributed by atoms with Gasteiger partial charge in [0.2, 0.25) is 0 Å². The second kappa shape index (κ2) is 7.58. The molecule has 0 spiro atoms. The number of piperazine rings is 1. The summed E-state index contributed by atoms with van der Waals surface area (Å²) in [6.45, 7) is 9.14. The number of pyridine rings is 1. The smallest absolute Gasteiger partial charge is 0.410 e. The second-order valence-corrected chi connectivity index (χ2v) is 7.83. The van der Waals surface area contributed by atoms with Gasteiger partial charge >= 0.3 is 12.1 Å². The topological polar surface area (TPSA) is 72.0 Å². The first-order valence-corrected chi connectivity index (χ1v) is 9.35. The first-order chi connectivity index (χ1) is 12.8. The van der Waals surface area contributed by atoms with Crippen LogP contribution in [0.25, 0.3) is 6.08 Å². The Kier molecular flexibility index (Phi) is 5.39. The van der Waals surface area contributed by atoms with E-state index in [0.29, 0.717) is 18.8 Å². The van der Waals surface area contributed by atoms with Gasteiger partial charge in [0.15, 0.2) is 0 Å². The van der Waals surface area contributed by atoms with Crippen LogP contribution >= 0.6 is 0 Å². The molecule has 7 heteroatoms. The number of carbonyl (C=O) groups excluding carboxylic acids is 2. The normalized spacial score (nSPS) is 21.8. The SMILES string of the molecule is CCOC(=O)/C=C/c1cccc(N2C[C@H]3C[C@@H]2CN3C(=O)OC(C)(C)C)n1. The van der Waals surface area contributed by atoms with E-state index >= 15 is 0 Å². The fourth-order valence-electron chi connectivity index (χ4n) is 3.53. The minimum atomic E-state index is -0.486. The number of carbonyl (C=O) groups is 2. The molecule has 0 aromatic carbocycles. The Bertz CT molecular complexity index is 741. The Morgan fingerprint density at radius 1 is 1.26 bits per heavy atom. The highest BCUT2D eigenvalue weighted by Crippen LogP contribution is 2.34. The zero-order valence-corrected chi connectivity index (χ0v) is 16.3. The van der Waals surface area contributed by atoms with Crippen molar-refractivity contribution in [2.75, 3.05) is 24.6 Å². The van der Waals surface area contributed by atoms with Gasteiger partial charge in [-0.25, -0.2) is 14.6 Å². The van der Waals surface area contributed by atoms with E-state index in [9.17, 15) is 9.59 Å². The van der Waals surface area contributed by atoms with Crippen molar-refractivity contribution in [3.63, 3.8) is 0 Å². The molecule has 0 saturated carbocycles. The van der Waals surface area contributed by atoms with E-state index in [4.69, 9.17) is 9.47 Å². The number of rotatable bonds is 4. The molecule has 0 unspecified atom stereocenters. The van der Waals surface area contributed by atoms with Crippen LogP contribution in [0.15, 0.2) is 24.3 Å². The number of ether oxygens (including phenoxy) is 2. The molecule has 27 heavy (non-hydrogen) atoms. The van der Waals surface area contributed by atoms with E-state index in [-0.39, 0.29) is 24.1 Å². The molecule has 7 nitrogen and oxygen atoms in total. The summed E-state index contributed by atoms with van der Waals surface area (Å²) in [6, 6.07) is 6.11. The predicted octanol–water partition coefficient (Wildman–Crippen LogP) is 2.86. The summed E-state index contributed by atoms with van der Waals surface area (Å²) >= 11 is 0. The number of amides is 1. The number of hydrogen-bond acceptors (Lipinski definition) is 6. The van der Waals surface area contributed by atoms with Crippen molar-refractivity contribution in [1.82, 2.24) is 9.88 Å². The van der Waals surface area contributed by atoms with Crippen LogP contribution in [0.3, 0.4) is 0 Å². The number of esters is 1. The van der Waals surface area contributed by atoms with E-state index in [1.807, 2.05) is 43.9 Å². The average molecular weight is 373 g/mol. The summed E-state index contributed by atoms with van der Waals surface area (Å²) in [7, 11) is 0. The Morgan fingerprint density at radius 3 is 2.67 bits per heavy atom. The molecular formula is C20H27N3O4.